The van der Waals surface area contributed by atoms with Gasteiger partial charge in [-0.15, -0.1) is 11.3 Å². The summed E-state index contributed by atoms with van der Waals surface area (Å²) in [5.41, 5.74) is -0.0855. The Labute approximate surface area is 120 Å². The van der Waals surface area contributed by atoms with Gasteiger partial charge in [0.05, 0.1) is 16.1 Å². The summed E-state index contributed by atoms with van der Waals surface area (Å²) in [5, 5.41) is 9.34. The van der Waals surface area contributed by atoms with Crippen LogP contribution in [0.3, 0.4) is 0 Å². The third-order valence-corrected chi connectivity index (χ3v) is 4.17. The Kier molecular flexibility index (Phi) is 3.02. The van der Waals surface area contributed by atoms with Gasteiger partial charge in [0.15, 0.2) is 0 Å². The highest BCUT2D eigenvalue weighted by Gasteiger charge is 2.30. The molecule has 0 saturated heterocycles. The number of nitrogens with one attached hydrogen (secondary N) is 1. The number of rotatable bonds is 2. The third-order valence-electron chi connectivity index (χ3n) is 3.03. The van der Waals surface area contributed by atoms with E-state index in [4.69, 9.17) is 5.11 Å². The Balaban J connectivity index is 2.06. The van der Waals surface area contributed by atoms with E-state index in [1.807, 2.05) is 0 Å². The normalized spacial score (nSPS) is 12.0. The van der Waals surface area contributed by atoms with Crippen LogP contribution in [-0.2, 0) is 6.18 Å². The number of carboxylic acid groups (broad SMARTS) is 1. The van der Waals surface area contributed by atoms with Crippen LogP contribution in [0, 0.1) is 0 Å². The fourth-order valence-electron chi connectivity index (χ4n) is 2.02. The molecule has 0 bridgehead atoms. The molecule has 2 N–H and O–H groups in total. The fourth-order valence-corrected chi connectivity index (χ4v) is 3.04. The Morgan fingerprint density at radius 2 is 1.90 bits per heavy atom. The molecule has 2 heterocycles. The molecule has 2 aromatic heterocycles. The molecule has 108 valence electrons. The summed E-state index contributed by atoms with van der Waals surface area (Å²) >= 11 is 1.30. The zero-order valence-corrected chi connectivity index (χ0v) is 11.2. The van der Waals surface area contributed by atoms with Crippen molar-refractivity contribution in [3.8, 4) is 10.6 Å². The number of hydrogen-bond donors (Lipinski definition) is 2. The van der Waals surface area contributed by atoms with Gasteiger partial charge in [-0.2, -0.15) is 13.2 Å². The molecule has 3 aromatic rings. The number of H-pyrrole nitrogens is 1. The van der Waals surface area contributed by atoms with Gasteiger partial charge < -0.3 is 10.1 Å². The first-order valence-electron chi connectivity index (χ1n) is 5.88. The SMILES string of the molecule is O=C(O)c1ccc(-c2cc3cc(C(F)(F)F)ccc3s2)[nH]1. The quantitative estimate of drug-likeness (QED) is 0.726. The highest BCUT2D eigenvalue weighted by molar-refractivity contribution is 7.22. The molecular formula is C14H8F3NO2S. The Bertz CT molecular complexity index is 832. The van der Waals surface area contributed by atoms with Crippen LogP contribution in [0.2, 0.25) is 0 Å². The zero-order chi connectivity index (χ0) is 15.2. The van der Waals surface area contributed by atoms with Crippen molar-refractivity contribution in [2.45, 2.75) is 6.18 Å². The van der Waals surface area contributed by atoms with Crippen LogP contribution in [0.15, 0.2) is 36.4 Å². The van der Waals surface area contributed by atoms with Crippen LogP contribution >= 0.6 is 11.3 Å². The molecular weight excluding hydrogens is 303 g/mol. The van der Waals surface area contributed by atoms with Crippen LogP contribution in [0.5, 0.6) is 0 Å². The summed E-state index contributed by atoms with van der Waals surface area (Å²) in [6.45, 7) is 0. The van der Waals surface area contributed by atoms with Crippen molar-refractivity contribution in [1.29, 1.82) is 0 Å². The standard InChI is InChI=1S/C14H8F3NO2S/c15-14(16,17)8-1-4-11-7(5-8)6-12(21-11)9-2-3-10(18-9)13(19)20/h1-6,18H,(H,19,20). The van der Waals surface area contributed by atoms with Crippen molar-refractivity contribution >= 4 is 27.4 Å². The van der Waals surface area contributed by atoms with Gasteiger partial charge in [0, 0.05) is 4.70 Å². The summed E-state index contributed by atoms with van der Waals surface area (Å²) in [6.07, 6.45) is -4.38. The molecule has 0 aliphatic rings. The first kappa shape index (κ1) is 13.7. The van der Waals surface area contributed by atoms with Crippen molar-refractivity contribution in [3.05, 3.63) is 47.7 Å². The molecule has 21 heavy (non-hydrogen) atoms. The molecule has 0 aliphatic carbocycles. The van der Waals surface area contributed by atoms with Crippen LogP contribution in [0.4, 0.5) is 13.2 Å². The number of halogens is 3. The summed E-state index contributed by atoms with van der Waals surface area (Å²) < 4.78 is 38.7. The largest absolute Gasteiger partial charge is 0.477 e. The molecule has 0 amide bonds. The van der Waals surface area contributed by atoms with Gasteiger partial charge in [0.25, 0.3) is 0 Å². The van der Waals surface area contributed by atoms with Crippen molar-refractivity contribution in [3.63, 3.8) is 0 Å². The molecule has 0 fully saturated rings. The second kappa shape index (κ2) is 4.63. The number of carbonyl (C=O) groups is 1. The number of benzene rings is 1. The monoisotopic (exact) mass is 311 g/mol. The number of aromatic nitrogens is 1. The van der Waals surface area contributed by atoms with Crippen LogP contribution in [0.25, 0.3) is 20.7 Å². The summed E-state index contributed by atoms with van der Waals surface area (Å²) in [6, 6.07) is 8.19. The van der Waals surface area contributed by atoms with Gasteiger partial charge in [-0.1, -0.05) is 0 Å². The molecule has 0 aliphatic heterocycles. The maximum absolute atomic E-state index is 12.7. The van der Waals surface area contributed by atoms with E-state index in [-0.39, 0.29) is 5.69 Å². The topological polar surface area (TPSA) is 53.1 Å². The minimum atomic E-state index is -4.38. The molecule has 0 spiro atoms. The minimum absolute atomic E-state index is 0.0402. The lowest BCUT2D eigenvalue weighted by atomic mass is 10.1. The second-order valence-corrected chi connectivity index (χ2v) is 5.54. The molecule has 0 atom stereocenters. The number of aromatic amines is 1. The van der Waals surface area contributed by atoms with Gasteiger partial charge >= 0.3 is 12.1 Å². The van der Waals surface area contributed by atoms with E-state index in [0.717, 1.165) is 12.1 Å². The van der Waals surface area contributed by atoms with Crippen molar-refractivity contribution < 1.29 is 23.1 Å². The highest BCUT2D eigenvalue weighted by Crippen LogP contribution is 2.37. The Morgan fingerprint density at radius 1 is 1.14 bits per heavy atom. The number of alkyl halides is 3. The predicted octanol–water partition coefficient (Wildman–Crippen LogP) is 4.61. The first-order chi connectivity index (χ1) is 9.84. The smallest absolute Gasteiger partial charge is 0.416 e. The van der Waals surface area contributed by atoms with Gasteiger partial charge in [0.1, 0.15) is 5.69 Å². The Hall–Kier alpha value is -2.28. The summed E-state index contributed by atoms with van der Waals surface area (Å²) in [7, 11) is 0. The molecule has 1 aromatic carbocycles. The number of thiophene rings is 1. The van der Waals surface area contributed by atoms with E-state index in [1.165, 1.54) is 23.5 Å². The zero-order valence-electron chi connectivity index (χ0n) is 10.4. The van der Waals surface area contributed by atoms with Crippen molar-refractivity contribution in [1.82, 2.24) is 4.98 Å². The third kappa shape index (κ3) is 2.52. The molecule has 7 heteroatoms. The lowest BCUT2D eigenvalue weighted by molar-refractivity contribution is -0.137. The fraction of sp³-hybridized carbons (Fsp3) is 0.0714. The van der Waals surface area contributed by atoms with E-state index in [2.05, 4.69) is 4.98 Å². The number of hydrogen-bond acceptors (Lipinski definition) is 2. The van der Waals surface area contributed by atoms with E-state index in [9.17, 15) is 18.0 Å². The van der Waals surface area contributed by atoms with Gasteiger partial charge in [0.2, 0.25) is 0 Å². The minimum Gasteiger partial charge on any atom is -0.477 e. The maximum Gasteiger partial charge on any atom is 0.416 e. The average molecular weight is 311 g/mol. The predicted molar refractivity (Wildman–Crippen MR) is 73.6 cm³/mol. The lowest BCUT2D eigenvalue weighted by Gasteiger charge is -2.05. The van der Waals surface area contributed by atoms with Gasteiger partial charge in [-0.05, 0) is 41.8 Å². The van der Waals surface area contributed by atoms with Crippen molar-refractivity contribution in [2.75, 3.05) is 0 Å². The lowest BCUT2D eigenvalue weighted by Crippen LogP contribution is -2.03. The van der Waals surface area contributed by atoms with E-state index in [0.29, 0.717) is 20.7 Å². The van der Waals surface area contributed by atoms with E-state index in [1.54, 1.807) is 12.1 Å². The Morgan fingerprint density at radius 3 is 2.52 bits per heavy atom. The van der Waals surface area contributed by atoms with Gasteiger partial charge in [-0.25, -0.2) is 4.79 Å². The number of carboxylic acids is 1. The summed E-state index contributed by atoms with van der Waals surface area (Å²) in [4.78, 5) is 14.2. The van der Waals surface area contributed by atoms with E-state index < -0.39 is 17.7 Å². The first-order valence-corrected chi connectivity index (χ1v) is 6.70. The second-order valence-electron chi connectivity index (χ2n) is 4.45. The van der Waals surface area contributed by atoms with E-state index >= 15 is 0 Å². The average Bonchev–Trinajstić information content (AvgIpc) is 3.03. The highest BCUT2D eigenvalue weighted by atomic mass is 32.1. The molecule has 0 saturated carbocycles. The van der Waals surface area contributed by atoms with Crippen LogP contribution in [0.1, 0.15) is 16.1 Å². The molecule has 0 radical (unpaired) electrons. The van der Waals surface area contributed by atoms with Crippen molar-refractivity contribution in [2.24, 2.45) is 0 Å². The van der Waals surface area contributed by atoms with Crippen LogP contribution in [-0.4, -0.2) is 16.1 Å². The number of fused-ring (bicyclic) bond motifs is 1. The number of aromatic carboxylic acids is 1. The molecule has 3 rings (SSSR count). The molecule has 3 nitrogen and oxygen atoms in total. The van der Waals surface area contributed by atoms with Crippen LogP contribution < -0.4 is 0 Å². The maximum atomic E-state index is 12.7. The molecule has 0 unspecified atom stereocenters. The summed E-state index contributed by atoms with van der Waals surface area (Å²) in [5.74, 6) is -1.08. The van der Waals surface area contributed by atoms with Gasteiger partial charge in [-0.3, -0.25) is 0 Å².